The van der Waals surface area contributed by atoms with Crippen molar-refractivity contribution in [3.05, 3.63) is 53.3 Å². The van der Waals surface area contributed by atoms with Gasteiger partial charge in [0.2, 0.25) is 0 Å². The SMILES string of the molecule is N#Cc1cnccc1-c1ccc2c(c1)CCC2. The third-order valence-corrected chi connectivity index (χ3v) is 3.35. The van der Waals surface area contributed by atoms with Crippen LogP contribution in [0.3, 0.4) is 0 Å². The van der Waals surface area contributed by atoms with Crippen molar-refractivity contribution in [2.45, 2.75) is 19.3 Å². The van der Waals surface area contributed by atoms with Gasteiger partial charge in [-0.05, 0) is 42.0 Å². The van der Waals surface area contributed by atoms with Crippen LogP contribution in [0.25, 0.3) is 11.1 Å². The third-order valence-electron chi connectivity index (χ3n) is 3.35. The zero-order chi connectivity index (χ0) is 11.7. The lowest BCUT2D eigenvalue weighted by Crippen LogP contribution is -1.88. The summed E-state index contributed by atoms with van der Waals surface area (Å²) in [7, 11) is 0. The number of hydrogen-bond acceptors (Lipinski definition) is 2. The van der Waals surface area contributed by atoms with Gasteiger partial charge in [-0.15, -0.1) is 0 Å². The molecule has 0 saturated heterocycles. The molecule has 2 nitrogen and oxygen atoms in total. The Morgan fingerprint density at radius 2 is 2.00 bits per heavy atom. The molecule has 1 aromatic carbocycles. The Hall–Kier alpha value is -2.14. The van der Waals surface area contributed by atoms with E-state index in [1.807, 2.05) is 6.07 Å². The monoisotopic (exact) mass is 220 g/mol. The average molecular weight is 220 g/mol. The Morgan fingerprint density at radius 3 is 2.88 bits per heavy atom. The van der Waals surface area contributed by atoms with E-state index in [9.17, 15) is 0 Å². The molecule has 1 aliphatic rings. The molecule has 0 fully saturated rings. The van der Waals surface area contributed by atoms with Gasteiger partial charge in [0.05, 0.1) is 5.56 Å². The summed E-state index contributed by atoms with van der Waals surface area (Å²) in [6.07, 6.45) is 6.97. The first-order valence-corrected chi connectivity index (χ1v) is 5.85. The Morgan fingerprint density at radius 1 is 1.12 bits per heavy atom. The first-order valence-electron chi connectivity index (χ1n) is 5.85. The molecule has 1 aliphatic carbocycles. The van der Waals surface area contributed by atoms with Gasteiger partial charge in [0, 0.05) is 18.0 Å². The molecule has 1 aromatic heterocycles. The van der Waals surface area contributed by atoms with Crippen LogP contribution in [0.2, 0.25) is 0 Å². The molecule has 0 bridgehead atoms. The summed E-state index contributed by atoms with van der Waals surface area (Å²) in [6, 6.07) is 10.6. The molecule has 0 aliphatic heterocycles. The molecule has 0 atom stereocenters. The zero-order valence-electron chi connectivity index (χ0n) is 9.48. The number of aromatic nitrogens is 1. The van der Waals surface area contributed by atoms with E-state index in [4.69, 9.17) is 5.26 Å². The van der Waals surface area contributed by atoms with Crippen LogP contribution in [-0.4, -0.2) is 4.98 Å². The van der Waals surface area contributed by atoms with Crippen molar-refractivity contribution in [3.63, 3.8) is 0 Å². The molecular formula is C15H12N2. The predicted octanol–water partition coefficient (Wildman–Crippen LogP) is 3.11. The zero-order valence-corrected chi connectivity index (χ0v) is 9.48. The van der Waals surface area contributed by atoms with Gasteiger partial charge in [-0.3, -0.25) is 4.98 Å². The van der Waals surface area contributed by atoms with E-state index in [0.717, 1.165) is 17.5 Å². The number of nitrogens with zero attached hydrogens (tertiary/aromatic N) is 2. The summed E-state index contributed by atoms with van der Waals surface area (Å²) >= 11 is 0. The quantitative estimate of drug-likeness (QED) is 0.740. The van der Waals surface area contributed by atoms with Crippen LogP contribution in [0, 0.1) is 11.3 Å². The Labute approximate surface area is 101 Å². The van der Waals surface area contributed by atoms with E-state index in [1.165, 1.54) is 24.0 Å². The van der Waals surface area contributed by atoms with E-state index in [1.54, 1.807) is 12.4 Å². The molecule has 17 heavy (non-hydrogen) atoms. The van der Waals surface area contributed by atoms with Crippen LogP contribution >= 0.6 is 0 Å². The van der Waals surface area contributed by atoms with Crippen molar-refractivity contribution < 1.29 is 0 Å². The smallest absolute Gasteiger partial charge is 0.101 e. The van der Waals surface area contributed by atoms with Gasteiger partial charge in [-0.25, -0.2) is 0 Å². The highest BCUT2D eigenvalue weighted by molar-refractivity contribution is 5.70. The number of hydrogen-bond donors (Lipinski definition) is 0. The molecule has 0 unspecified atom stereocenters. The van der Waals surface area contributed by atoms with E-state index in [-0.39, 0.29) is 0 Å². The lowest BCUT2D eigenvalue weighted by molar-refractivity contribution is 0.912. The Balaban J connectivity index is 2.13. The van der Waals surface area contributed by atoms with E-state index >= 15 is 0 Å². The number of rotatable bonds is 1. The first-order chi connectivity index (χ1) is 8.38. The molecule has 1 heterocycles. The minimum atomic E-state index is 0.644. The second kappa shape index (κ2) is 4.03. The van der Waals surface area contributed by atoms with Gasteiger partial charge in [0.1, 0.15) is 6.07 Å². The highest BCUT2D eigenvalue weighted by Gasteiger charge is 2.12. The fraction of sp³-hybridized carbons (Fsp3) is 0.200. The van der Waals surface area contributed by atoms with E-state index in [0.29, 0.717) is 5.56 Å². The van der Waals surface area contributed by atoms with Crippen LogP contribution in [0.15, 0.2) is 36.7 Å². The maximum Gasteiger partial charge on any atom is 0.101 e. The maximum atomic E-state index is 9.08. The van der Waals surface area contributed by atoms with Crippen LogP contribution in [0.1, 0.15) is 23.1 Å². The number of aryl methyl sites for hydroxylation is 2. The largest absolute Gasteiger partial charge is 0.263 e. The van der Waals surface area contributed by atoms with Crippen LogP contribution in [0.4, 0.5) is 0 Å². The second-order valence-corrected chi connectivity index (χ2v) is 4.37. The normalized spacial score (nSPS) is 13.1. The van der Waals surface area contributed by atoms with Crippen molar-refractivity contribution in [1.29, 1.82) is 5.26 Å². The highest BCUT2D eigenvalue weighted by Crippen LogP contribution is 2.29. The van der Waals surface area contributed by atoms with Crippen molar-refractivity contribution in [2.75, 3.05) is 0 Å². The third kappa shape index (κ3) is 1.70. The van der Waals surface area contributed by atoms with Gasteiger partial charge in [-0.1, -0.05) is 18.2 Å². The lowest BCUT2D eigenvalue weighted by atomic mass is 9.98. The minimum Gasteiger partial charge on any atom is -0.263 e. The van der Waals surface area contributed by atoms with Gasteiger partial charge in [-0.2, -0.15) is 5.26 Å². The highest BCUT2D eigenvalue weighted by atomic mass is 14.6. The fourth-order valence-corrected chi connectivity index (χ4v) is 2.47. The molecule has 0 saturated carbocycles. The molecule has 3 rings (SSSR count). The van der Waals surface area contributed by atoms with Crippen molar-refractivity contribution in [2.24, 2.45) is 0 Å². The van der Waals surface area contributed by atoms with Crippen LogP contribution in [0.5, 0.6) is 0 Å². The van der Waals surface area contributed by atoms with Crippen LogP contribution in [-0.2, 0) is 12.8 Å². The topological polar surface area (TPSA) is 36.7 Å². The van der Waals surface area contributed by atoms with Crippen molar-refractivity contribution in [1.82, 2.24) is 4.98 Å². The molecule has 2 heteroatoms. The Kier molecular flexibility index (Phi) is 2.38. The van der Waals surface area contributed by atoms with Crippen LogP contribution < -0.4 is 0 Å². The fourth-order valence-electron chi connectivity index (χ4n) is 2.47. The summed E-state index contributed by atoms with van der Waals surface area (Å²) in [6.45, 7) is 0. The molecule has 0 spiro atoms. The Bertz CT molecular complexity index is 609. The molecule has 2 aromatic rings. The summed E-state index contributed by atoms with van der Waals surface area (Å²) < 4.78 is 0. The van der Waals surface area contributed by atoms with Crippen molar-refractivity contribution >= 4 is 0 Å². The van der Waals surface area contributed by atoms with Gasteiger partial charge >= 0.3 is 0 Å². The number of benzene rings is 1. The number of fused-ring (bicyclic) bond motifs is 1. The molecule has 82 valence electrons. The lowest BCUT2D eigenvalue weighted by Gasteiger charge is -2.06. The molecule has 0 amide bonds. The van der Waals surface area contributed by atoms with Gasteiger partial charge in [0.15, 0.2) is 0 Å². The minimum absolute atomic E-state index is 0.644. The average Bonchev–Trinajstić information content (AvgIpc) is 2.85. The molecular weight excluding hydrogens is 208 g/mol. The molecule has 0 radical (unpaired) electrons. The number of nitriles is 1. The van der Waals surface area contributed by atoms with Gasteiger partial charge < -0.3 is 0 Å². The molecule has 0 N–H and O–H groups in total. The second-order valence-electron chi connectivity index (χ2n) is 4.37. The number of pyridine rings is 1. The van der Waals surface area contributed by atoms with E-state index in [2.05, 4.69) is 29.3 Å². The summed E-state index contributed by atoms with van der Waals surface area (Å²) in [4.78, 5) is 3.99. The first kappa shape index (κ1) is 10.0. The summed E-state index contributed by atoms with van der Waals surface area (Å²) in [5.41, 5.74) is 5.65. The van der Waals surface area contributed by atoms with Gasteiger partial charge in [0.25, 0.3) is 0 Å². The maximum absolute atomic E-state index is 9.08. The van der Waals surface area contributed by atoms with E-state index < -0.39 is 0 Å². The summed E-state index contributed by atoms with van der Waals surface area (Å²) in [5.74, 6) is 0. The standard InChI is InChI=1S/C15H12N2/c16-9-14-10-17-7-6-15(14)13-5-4-11-2-1-3-12(11)8-13/h4-8,10H,1-3H2. The summed E-state index contributed by atoms with van der Waals surface area (Å²) in [5, 5.41) is 9.08. The van der Waals surface area contributed by atoms with Crippen molar-refractivity contribution in [3.8, 4) is 17.2 Å². The predicted molar refractivity (Wildman–Crippen MR) is 66.4 cm³/mol.